The highest BCUT2D eigenvalue weighted by atomic mass is 16.4. The first-order valence-electron chi connectivity index (χ1n) is 9.06. The van der Waals surface area contributed by atoms with Crippen LogP contribution in [0.5, 0.6) is 0 Å². The molecule has 3 N–H and O–H groups in total. The third-order valence-electron chi connectivity index (χ3n) is 6.68. The Morgan fingerprint density at radius 1 is 1.04 bits per heavy atom. The lowest BCUT2D eigenvalue weighted by Gasteiger charge is -2.37. The molecule has 0 aromatic heterocycles. The van der Waals surface area contributed by atoms with Gasteiger partial charge in [-0.1, -0.05) is 44.2 Å². The van der Waals surface area contributed by atoms with Crippen LogP contribution in [0.15, 0.2) is 30.3 Å². The van der Waals surface area contributed by atoms with E-state index in [1.807, 2.05) is 44.2 Å². The van der Waals surface area contributed by atoms with Gasteiger partial charge in [-0.05, 0) is 43.1 Å². The van der Waals surface area contributed by atoms with Crippen LogP contribution in [0.4, 0.5) is 0 Å². The van der Waals surface area contributed by atoms with Gasteiger partial charge in [0.05, 0.1) is 5.41 Å². The lowest BCUT2D eigenvalue weighted by atomic mass is 9.65. The number of carboxylic acids is 1. The molecule has 1 aromatic carbocycles. The van der Waals surface area contributed by atoms with Crippen molar-refractivity contribution in [3.05, 3.63) is 35.9 Å². The molecule has 0 bridgehead atoms. The van der Waals surface area contributed by atoms with Crippen molar-refractivity contribution in [1.82, 2.24) is 10.9 Å². The number of carboxylic acid groups (broad SMARTS) is 1. The van der Waals surface area contributed by atoms with Crippen molar-refractivity contribution in [1.29, 1.82) is 0 Å². The average molecular weight is 358 g/mol. The van der Waals surface area contributed by atoms with E-state index in [1.54, 1.807) is 6.92 Å². The van der Waals surface area contributed by atoms with Crippen LogP contribution in [-0.2, 0) is 14.4 Å². The molecule has 2 amide bonds. The van der Waals surface area contributed by atoms with Crippen molar-refractivity contribution < 1.29 is 19.5 Å². The van der Waals surface area contributed by atoms with Crippen molar-refractivity contribution in [2.75, 3.05) is 0 Å². The summed E-state index contributed by atoms with van der Waals surface area (Å²) in [6.07, 6.45) is 1.71. The van der Waals surface area contributed by atoms with Crippen LogP contribution in [0.25, 0.3) is 0 Å². The van der Waals surface area contributed by atoms with Crippen molar-refractivity contribution in [3.63, 3.8) is 0 Å². The van der Waals surface area contributed by atoms with Crippen LogP contribution in [-0.4, -0.2) is 22.9 Å². The molecule has 0 unspecified atom stereocenters. The van der Waals surface area contributed by atoms with Crippen LogP contribution in [0.2, 0.25) is 0 Å². The molecule has 2 saturated carbocycles. The highest BCUT2D eigenvalue weighted by Crippen LogP contribution is 2.56. The van der Waals surface area contributed by atoms with Crippen LogP contribution in [0, 0.1) is 22.7 Å². The van der Waals surface area contributed by atoms with Gasteiger partial charge in [-0.2, -0.15) is 0 Å². The van der Waals surface area contributed by atoms with Gasteiger partial charge in [-0.3, -0.25) is 25.2 Å². The number of benzene rings is 1. The lowest BCUT2D eigenvalue weighted by Crippen LogP contribution is -2.50. The van der Waals surface area contributed by atoms with Gasteiger partial charge in [0.15, 0.2) is 0 Å². The van der Waals surface area contributed by atoms with Gasteiger partial charge in [0.2, 0.25) is 11.8 Å². The van der Waals surface area contributed by atoms with E-state index in [-0.39, 0.29) is 23.7 Å². The van der Waals surface area contributed by atoms with Gasteiger partial charge in [-0.25, -0.2) is 0 Å². The van der Waals surface area contributed by atoms with Gasteiger partial charge in [0, 0.05) is 11.8 Å². The smallest absolute Gasteiger partial charge is 0.309 e. The molecule has 0 saturated heterocycles. The number of carbonyl (C=O) groups is 3. The number of hydrazine groups is 1. The maximum Gasteiger partial charge on any atom is 0.309 e. The summed E-state index contributed by atoms with van der Waals surface area (Å²) in [6.45, 7) is 5.31. The molecule has 2 aliphatic carbocycles. The second-order valence-corrected chi connectivity index (χ2v) is 8.29. The minimum absolute atomic E-state index is 0.126. The molecule has 0 heterocycles. The summed E-state index contributed by atoms with van der Waals surface area (Å²) in [7, 11) is 0. The number of aliphatic carboxylic acids is 1. The van der Waals surface area contributed by atoms with Crippen molar-refractivity contribution in [2.24, 2.45) is 22.7 Å². The Balaban J connectivity index is 1.55. The third kappa shape index (κ3) is 2.97. The first-order chi connectivity index (χ1) is 12.2. The van der Waals surface area contributed by atoms with Crippen molar-refractivity contribution in [3.8, 4) is 0 Å². The van der Waals surface area contributed by atoms with Gasteiger partial charge in [0.1, 0.15) is 0 Å². The lowest BCUT2D eigenvalue weighted by molar-refractivity contribution is -0.155. The quantitative estimate of drug-likeness (QED) is 0.721. The number of hydrogen-bond donors (Lipinski definition) is 3. The number of nitrogens with one attached hydrogen (secondary N) is 2. The third-order valence-corrected chi connectivity index (χ3v) is 6.68. The fourth-order valence-electron chi connectivity index (χ4n) is 4.20. The number of carbonyl (C=O) groups excluding carboxylic acids is 2. The van der Waals surface area contributed by atoms with E-state index >= 15 is 0 Å². The Morgan fingerprint density at radius 2 is 1.65 bits per heavy atom. The fourth-order valence-corrected chi connectivity index (χ4v) is 4.20. The minimum atomic E-state index is -0.950. The molecule has 0 radical (unpaired) electrons. The van der Waals surface area contributed by atoms with E-state index in [1.165, 1.54) is 0 Å². The van der Waals surface area contributed by atoms with Gasteiger partial charge in [-0.15, -0.1) is 0 Å². The molecule has 2 fully saturated rings. The summed E-state index contributed by atoms with van der Waals surface area (Å²) in [6, 6.07) is 9.85. The summed E-state index contributed by atoms with van der Waals surface area (Å²) in [5.74, 6) is -1.77. The Morgan fingerprint density at radius 3 is 2.23 bits per heavy atom. The topological polar surface area (TPSA) is 95.5 Å². The molecule has 2 aliphatic rings. The van der Waals surface area contributed by atoms with E-state index < -0.39 is 22.7 Å². The molecular weight excluding hydrogens is 332 g/mol. The maximum absolute atomic E-state index is 12.6. The molecule has 0 spiro atoms. The zero-order valence-corrected chi connectivity index (χ0v) is 15.4. The molecule has 1 aromatic rings. The highest BCUT2D eigenvalue weighted by molar-refractivity contribution is 5.88. The average Bonchev–Trinajstić information content (AvgIpc) is 3.36. The zero-order valence-electron chi connectivity index (χ0n) is 15.4. The van der Waals surface area contributed by atoms with E-state index in [9.17, 15) is 19.5 Å². The Kier molecular flexibility index (Phi) is 4.54. The van der Waals surface area contributed by atoms with Crippen LogP contribution in [0.3, 0.4) is 0 Å². The van der Waals surface area contributed by atoms with Gasteiger partial charge in [0.25, 0.3) is 0 Å². The predicted octanol–water partition coefficient (Wildman–Crippen LogP) is 2.46. The van der Waals surface area contributed by atoms with E-state index in [0.29, 0.717) is 12.8 Å². The minimum Gasteiger partial charge on any atom is -0.481 e. The van der Waals surface area contributed by atoms with E-state index in [4.69, 9.17) is 0 Å². The van der Waals surface area contributed by atoms with Crippen LogP contribution < -0.4 is 10.9 Å². The van der Waals surface area contributed by atoms with Crippen LogP contribution in [0.1, 0.15) is 51.5 Å². The van der Waals surface area contributed by atoms with E-state index in [2.05, 4.69) is 10.9 Å². The second-order valence-electron chi connectivity index (χ2n) is 8.29. The van der Waals surface area contributed by atoms with Gasteiger partial charge < -0.3 is 5.11 Å². The summed E-state index contributed by atoms with van der Waals surface area (Å²) in [5.41, 5.74) is 4.54. The molecule has 3 rings (SSSR count). The van der Waals surface area contributed by atoms with E-state index in [0.717, 1.165) is 12.0 Å². The molecule has 6 heteroatoms. The number of hydrogen-bond acceptors (Lipinski definition) is 3. The largest absolute Gasteiger partial charge is 0.481 e. The molecule has 26 heavy (non-hydrogen) atoms. The first-order valence-corrected chi connectivity index (χ1v) is 9.06. The molecule has 4 atom stereocenters. The molecule has 140 valence electrons. The zero-order chi connectivity index (χ0) is 19.1. The molecular formula is C20H26N2O4. The second kappa shape index (κ2) is 6.41. The summed E-state index contributed by atoms with van der Waals surface area (Å²) < 4.78 is 0. The normalized spacial score (nSPS) is 31.9. The summed E-state index contributed by atoms with van der Waals surface area (Å²) >= 11 is 0. The molecule has 0 aliphatic heterocycles. The fraction of sp³-hybridized carbons (Fsp3) is 0.550. The van der Waals surface area contributed by atoms with Crippen molar-refractivity contribution >= 4 is 17.8 Å². The number of amides is 2. The maximum atomic E-state index is 12.6. The summed E-state index contributed by atoms with van der Waals surface area (Å²) in [4.78, 5) is 36.5. The number of rotatable bonds is 4. The Labute approximate surface area is 153 Å². The Bertz CT molecular complexity index is 731. The van der Waals surface area contributed by atoms with Crippen molar-refractivity contribution in [2.45, 2.75) is 46.0 Å². The molecule has 6 nitrogen and oxygen atoms in total. The SMILES string of the molecule is CC1(C)[C@@H](C(=O)NNC(=O)[C@@H]2C[C@@H]2c2ccccc2)CC[C@]1(C)C(=O)O. The van der Waals surface area contributed by atoms with Crippen LogP contribution >= 0.6 is 0 Å². The Hall–Kier alpha value is -2.37. The summed E-state index contributed by atoms with van der Waals surface area (Å²) in [5, 5.41) is 9.54. The monoisotopic (exact) mass is 358 g/mol. The highest BCUT2D eigenvalue weighted by Gasteiger charge is 2.58. The predicted molar refractivity (Wildman–Crippen MR) is 95.8 cm³/mol. The van der Waals surface area contributed by atoms with Gasteiger partial charge >= 0.3 is 5.97 Å². The standard InChI is InChI=1S/C20H26N2O4/c1-19(2)15(9-10-20(19,3)18(25)26)17(24)22-21-16(23)14-11-13(14)12-7-5-4-6-8-12/h4-8,13-15H,9-11H2,1-3H3,(H,21,23)(H,22,24)(H,25,26)/t13-,14-,15-,20-/m1/s1. The first kappa shape index (κ1) is 18.4.